The van der Waals surface area contributed by atoms with E-state index in [4.69, 9.17) is 5.84 Å². The van der Waals surface area contributed by atoms with Gasteiger partial charge in [0, 0.05) is 12.3 Å². The van der Waals surface area contributed by atoms with E-state index in [1.807, 2.05) is 6.07 Å². The van der Waals surface area contributed by atoms with Gasteiger partial charge >= 0.3 is 0 Å². The number of hydrazine groups is 1. The van der Waals surface area contributed by atoms with Gasteiger partial charge in [-0.3, -0.25) is 11.3 Å². The molecule has 21 heavy (non-hydrogen) atoms. The molecule has 0 saturated carbocycles. The lowest BCUT2D eigenvalue weighted by Crippen LogP contribution is -2.29. The molecule has 3 N–H and O–H groups in total. The fourth-order valence-corrected chi connectivity index (χ4v) is 2.75. The zero-order valence-electron chi connectivity index (χ0n) is 11.6. The average molecular weight is 308 g/mol. The minimum Gasteiger partial charge on any atom is -0.271 e. The summed E-state index contributed by atoms with van der Waals surface area (Å²) in [5, 5.41) is 0. The Morgan fingerprint density at radius 1 is 1.19 bits per heavy atom. The van der Waals surface area contributed by atoms with E-state index in [-0.39, 0.29) is 16.8 Å². The molecule has 6 heteroatoms. The summed E-state index contributed by atoms with van der Waals surface area (Å²) in [5.41, 5.74) is 4.32. The second-order valence-electron chi connectivity index (χ2n) is 4.89. The van der Waals surface area contributed by atoms with Crippen LogP contribution in [0.4, 0.5) is 4.39 Å². The molecule has 2 aromatic carbocycles. The number of nitrogens with one attached hydrogen (secondary N) is 1. The molecule has 2 aromatic rings. The molecular formula is C15H17FN2O2S. The summed E-state index contributed by atoms with van der Waals surface area (Å²) < 4.78 is 36.0. The molecule has 0 fully saturated rings. The molecule has 0 spiro atoms. The van der Waals surface area contributed by atoms with Crippen molar-refractivity contribution in [1.29, 1.82) is 0 Å². The van der Waals surface area contributed by atoms with Gasteiger partial charge in [-0.15, -0.1) is 0 Å². The maximum Gasteiger partial charge on any atom is 0.175 e. The maximum absolute atomic E-state index is 13.2. The number of rotatable bonds is 5. The van der Waals surface area contributed by atoms with Crippen LogP contribution in [0, 0.1) is 5.82 Å². The molecule has 4 nitrogen and oxygen atoms in total. The average Bonchev–Trinajstić information content (AvgIpc) is 2.44. The maximum atomic E-state index is 13.2. The van der Waals surface area contributed by atoms with E-state index in [0.717, 1.165) is 17.4 Å². The van der Waals surface area contributed by atoms with E-state index in [0.29, 0.717) is 6.42 Å². The highest BCUT2D eigenvalue weighted by molar-refractivity contribution is 7.90. The number of hydrogen-bond donors (Lipinski definition) is 2. The predicted octanol–water partition coefficient (Wildman–Crippen LogP) is 1.98. The van der Waals surface area contributed by atoms with Crippen LogP contribution >= 0.6 is 0 Å². The summed E-state index contributed by atoms with van der Waals surface area (Å²) in [6.45, 7) is 0. The standard InChI is InChI=1S/C15H17FN2O2S/c1-21(19,20)14-7-5-12(6-8-14)15(18-17)10-11-3-2-4-13(16)9-11/h2-9,15,18H,10,17H2,1H3. The predicted molar refractivity (Wildman–Crippen MR) is 79.7 cm³/mol. The van der Waals surface area contributed by atoms with Crippen LogP contribution in [0.5, 0.6) is 0 Å². The Balaban J connectivity index is 2.21. The Kier molecular flexibility index (Phi) is 4.72. The Labute approximate surface area is 123 Å². The number of halogens is 1. The van der Waals surface area contributed by atoms with Gasteiger partial charge in [0.2, 0.25) is 0 Å². The molecule has 0 heterocycles. The van der Waals surface area contributed by atoms with Gasteiger partial charge in [0.15, 0.2) is 9.84 Å². The van der Waals surface area contributed by atoms with E-state index < -0.39 is 9.84 Å². The first kappa shape index (κ1) is 15.6. The van der Waals surface area contributed by atoms with Crippen LogP contribution in [0.3, 0.4) is 0 Å². The third kappa shape index (κ3) is 4.10. The molecule has 2 rings (SSSR count). The number of nitrogens with two attached hydrogens (primary N) is 1. The monoisotopic (exact) mass is 308 g/mol. The second-order valence-corrected chi connectivity index (χ2v) is 6.91. The van der Waals surface area contributed by atoms with Crippen LogP contribution in [0.15, 0.2) is 53.4 Å². The highest BCUT2D eigenvalue weighted by Crippen LogP contribution is 2.20. The van der Waals surface area contributed by atoms with Crippen LogP contribution < -0.4 is 11.3 Å². The molecule has 0 aliphatic rings. The first-order chi connectivity index (χ1) is 9.90. The Bertz CT molecular complexity index is 715. The van der Waals surface area contributed by atoms with Crippen molar-refractivity contribution in [2.45, 2.75) is 17.4 Å². The van der Waals surface area contributed by atoms with Crippen molar-refractivity contribution < 1.29 is 12.8 Å². The van der Waals surface area contributed by atoms with Crippen LogP contribution in [0.1, 0.15) is 17.2 Å². The van der Waals surface area contributed by atoms with Crippen LogP contribution in [0.2, 0.25) is 0 Å². The normalized spacial score (nSPS) is 13.1. The highest BCUT2D eigenvalue weighted by Gasteiger charge is 2.13. The quantitative estimate of drug-likeness (QED) is 0.654. The number of sulfone groups is 1. The molecule has 0 radical (unpaired) electrons. The smallest absolute Gasteiger partial charge is 0.175 e. The van der Waals surface area contributed by atoms with Crippen LogP contribution in [-0.2, 0) is 16.3 Å². The molecule has 0 bridgehead atoms. The molecule has 0 amide bonds. The summed E-state index contributed by atoms with van der Waals surface area (Å²) in [7, 11) is -3.22. The molecule has 112 valence electrons. The second kappa shape index (κ2) is 6.34. The minimum atomic E-state index is -3.22. The first-order valence-electron chi connectivity index (χ1n) is 6.41. The summed E-state index contributed by atoms with van der Waals surface area (Å²) in [6.07, 6.45) is 1.67. The fourth-order valence-electron chi connectivity index (χ4n) is 2.12. The van der Waals surface area contributed by atoms with Crippen LogP contribution in [-0.4, -0.2) is 14.7 Å². The molecule has 1 atom stereocenters. The van der Waals surface area contributed by atoms with E-state index in [1.165, 1.54) is 12.1 Å². The molecule has 0 aliphatic carbocycles. The SMILES string of the molecule is CS(=O)(=O)c1ccc(C(Cc2cccc(F)c2)NN)cc1. The third-order valence-electron chi connectivity index (χ3n) is 3.24. The van der Waals surface area contributed by atoms with Gasteiger partial charge in [0.25, 0.3) is 0 Å². The molecule has 1 unspecified atom stereocenters. The summed E-state index contributed by atoms with van der Waals surface area (Å²) in [4.78, 5) is 0.257. The lowest BCUT2D eigenvalue weighted by molar-refractivity contribution is 0.548. The van der Waals surface area contributed by atoms with Crippen molar-refractivity contribution in [3.63, 3.8) is 0 Å². The topological polar surface area (TPSA) is 72.2 Å². The van der Waals surface area contributed by atoms with Gasteiger partial charge in [0.05, 0.1) is 4.90 Å². The van der Waals surface area contributed by atoms with Gasteiger partial charge in [-0.1, -0.05) is 24.3 Å². The summed E-state index contributed by atoms with van der Waals surface area (Å²) in [6, 6.07) is 12.6. The van der Waals surface area contributed by atoms with Gasteiger partial charge < -0.3 is 0 Å². The van der Waals surface area contributed by atoms with Crippen LogP contribution in [0.25, 0.3) is 0 Å². The molecule has 0 saturated heterocycles. The minimum absolute atomic E-state index is 0.222. The number of benzene rings is 2. The van der Waals surface area contributed by atoms with Crippen molar-refractivity contribution in [3.05, 3.63) is 65.5 Å². The fraction of sp³-hybridized carbons (Fsp3) is 0.200. The zero-order valence-corrected chi connectivity index (χ0v) is 12.4. The summed E-state index contributed by atoms with van der Waals surface area (Å²) >= 11 is 0. The van der Waals surface area contributed by atoms with E-state index in [9.17, 15) is 12.8 Å². The van der Waals surface area contributed by atoms with Crippen molar-refractivity contribution >= 4 is 9.84 Å². The third-order valence-corrected chi connectivity index (χ3v) is 4.37. The van der Waals surface area contributed by atoms with Gasteiger partial charge in [-0.05, 0) is 41.8 Å². The molecule has 0 aromatic heterocycles. The molecular weight excluding hydrogens is 291 g/mol. The summed E-state index contributed by atoms with van der Waals surface area (Å²) in [5.74, 6) is 5.26. The van der Waals surface area contributed by atoms with Crippen molar-refractivity contribution in [2.75, 3.05) is 6.26 Å². The van der Waals surface area contributed by atoms with Gasteiger partial charge in [0.1, 0.15) is 5.82 Å². The Hall–Kier alpha value is -1.76. The Morgan fingerprint density at radius 2 is 1.86 bits per heavy atom. The van der Waals surface area contributed by atoms with Crippen molar-refractivity contribution in [1.82, 2.24) is 5.43 Å². The largest absolute Gasteiger partial charge is 0.271 e. The highest BCUT2D eigenvalue weighted by atomic mass is 32.2. The van der Waals surface area contributed by atoms with E-state index >= 15 is 0 Å². The van der Waals surface area contributed by atoms with E-state index in [2.05, 4.69) is 5.43 Å². The Morgan fingerprint density at radius 3 is 2.38 bits per heavy atom. The van der Waals surface area contributed by atoms with E-state index in [1.54, 1.807) is 30.3 Å². The van der Waals surface area contributed by atoms with Crippen molar-refractivity contribution in [2.24, 2.45) is 5.84 Å². The van der Waals surface area contributed by atoms with Crippen molar-refractivity contribution in [3.8, 4) is 0 Å². The zero-order chi connectivity index (χ0) is 15.5. The first-order valence-corrected chi connectivity index (χ1v) is 8.30. The van der Waals surface area contributed by atoms with Gasteiger partial charge in [-0.2, -0.15) is 0 Å². The lowest BCUT2D eigenvalue weighted by atomic mass is 9.99. The molecule has 0 aliphatic heterocycles. The number of hydrogen-bond acceptors (Lipinski definition) is 4. The lowest BCUT2D eigenvalue weighted by Gasteiger charge is -2.17. The van der Waals surface area contributed by atoms with Gasteiger partial charge in [-0.25, -0.2) is 12.8 Å².